The van der Waals surface area contributed by atoms with Gasteiger partial charge in [-0.05, 0) is 56.0 Å². The SMILES string of the molecule is COc1ccccc1C#Cc1cccc(C#CCCCCN2CCCCC2=O)c1. The highest BCUT2D eigenvalue weighted by Gasteiger charge is 2.16. The molecule has 1 aliphatic heterocycles. The second kappa shape index (κ2) is 11.0. The van der Waals surface area contributed by atoms with Crippen molar-refractivity contribution in [2.75, 3.05) is 20.2 Å². The van der Waals surface area contributed by atoms with Crippen LogP contribution in [-0.2, 0) is 4.79 Å². The Balaban J connectivity index is 1.50. The Morgan fingerprint density at radius 2 is 1.79 bits per heavy atom. The molecule has 0 atom stereocenters. The number of unbranched alkanes of at least 4 members (excludes halogenated alkanes) is 2. The first-order chi connectivity index (χ1) is 14.3. The van der Waals surface area contributed by atoms with E-state index in [1.165, 1.54) is 0 Å². The Bertz CT molecular complexity index is 956. The zero-order valence-corrected chi connectivity index (χ0v) is 17.0. The number of carbonyl (C=O) groups excluding carboxylic acids is 1. The second-order valence-electron chi connectivity index (χ2n) is 7.13. The van der Waals surface area contributed by atoms with Crippen LogP contribution in [0.25, 0.3) is 0 Å². The number of rotatable bonds is 5. The average Bonchev–Trinajstić information content (AvgIpc) is 2.76. The Labute approximate surface area is 174 Å². The minimum absolute atomic E-state index is 0.313. The predicted octanol–water partition coefficient (Wildman–Crippen LogP) is 4.63. The third-order valence-corrected chi connectivity index (χ3v) is 4.94. The van der Waals surface area contributed by atoms with E-state index in [-0.39, 0.29) is 0 Å². The van der Waals surface area contributed by atoms with Gasteiger partial charge in [0.1, 0.15) is 5.75 Å². The smallest absolute Gasteiger partial charge is 0.222 e. The lowest BCUT2D eigenvalue weighted by molar-refractivity contribution is -0.133. The molecule has 2 aromatic carbocycles. The molecule has 0 unspecified atom stereocenters. The van der Waals surface area contributed by atoms with Crippen LogP contribution >= 0.6 is 0 Å². The van der Waals surface area contributed by atoms with Gasteiger partial charge in [0.15, 0.2) is 0 Å². The molecule has 3 nitrogen and oxygen atoms in total. The Hall–Kier alpha value is -3.17. The van der Waals surface area contributed by atoms with E-state index in [0.717, 1.165) is 74.1 Å². The van der Waals surface area contributed by atoms with Gasteiger partial charge in [0, 0.05) is 37.1 Å². The van der Waals surface area contributed by atoms with Gasteiger partial charge in [-0.2, -0.15) is 0 Å². The Kier molecular flexibility index (Phi) is 7.79. The number of nitrogens with zero attached hydrogens (tertiary/aromatic N) is 1. The van der Waals surface area contributed by atoms with E-state index in [2.05, 4.69) is 23.7 Å². The minimum atomic E-state index is 0.313. The first-order valence-corrected chi connectivity index (χ1v) is 10.3. The number of benzene rings is 2. The topological polar surface area (TPSA) is 29.5 Å². The number of likely N-dealkylation sites (tertiary alicyclic amines) is 1. The number of ether oxygens (including phenoxy) is 1. The average molecular weight is 386 g/mol. The third-order valence-electron chi connectivity index (χ3n) is 4.94. The zero-order valence-electron chi connectivity index (χ0n) is 17.0. The normalized spacial score (nSPS) is 13.1. The summed E-state index contributed by atoms with van der Waals surface area (Å²) < 4.78 is 5.34. The van der Waals surface area contributed by atoms with Crippen LogP contribution in [0.2, 0.25) is 0 Å². The highest BCUT2D eigenvalue weighted by Crippen LogP contribution is 2.16. The Morgan fingerprint density at radius 3 is 2.62 bits per heavy atom. The van der Waals surface area contributed by atoms with Crippen LogP contribution in [0, 0.1) is 23.7 Å². The molecule has 3 heteroatoms. The number of para-hydroxylation sites is 1. The molecule has 0 N–H and O–H groups in total. The zero-order chi connectivity index (χ0) is 20.3. The molecule has 0 bridgehead atoms. The van der Waals surface area contributed by atoms with Crippen molar-refractivity contribution in [2.45, 2.75) is 38.5 Å². The second-order valence-corrected chi connectivity index (χ2v) is 7.13. The number of amides is 1. The first kappa shape index (κ1) is 20.6. The summed E-state index contributed by atoms with van der Waals surface area (Å²) in [6.07, 6.45) is 5.79. The molecule has 3 rings (SSSR count). The number of carbonyl (C=O) groups is 1. The summed E-state index contributed by atoms with van der Waals surface area (Å²) in [7, 11) is 1.65. The van der Waals surface area contributed by atoms with E-state index in [0.29, 0.717) is 5.91 Å². The van der Waals surface area contributed by atoms with Crippen molar-refractivity contribution in [1.82, 2.24) is 4.90 Å². The fourth-order valence-corrected chi connectivity index (χ4v) is 3.34. The summed E-state index contributed by atoms with van der Waals surface area (Å²) in [5.41, 5.74) is 2.79. The molecule has 1 aliphatic rings. The van der Waals surface area contributed by atoms with Gasteiger partial charge in [-0.1, -0.05) is 41.9 Å². The van der Waals surface area contributed by atoms with E-state index in [9.17, 15) is 4.79 Å². The quantitative estimate of drug-likeness (QED) is 0.555. The van der Waals surface area contributed by atoms with Gasteiger partial charge < -0.3 is 9.64 Å². The van der Waals surface area contributed by atoms with Gasteiger partial charge in [0.25, 0.3) is 0 Å². The van der Waals surface area contributed by atoms with E-state index in [4.69, 9.17) is 4.74 Å². The maximum Gasteiger partial charge on any atom is 0.222 e. The largest absolute Gasteiger partial charge is 0.495 e. The molecule has 2 aromatic rings. The van der Waals surface area contributed by atoms with E-state index in [1.807, 2.05) is 53.4 Å². The van der Waals surface area contributed by atoms with Gasteiger partial charge in [-0.3, -0.25) is 4.79 Å². The summed E-state index contributed by atoms with van der Waals surface area (Å²) in [6.45, 7) is 1.79. The van der Waals surface area contributed by atoms with Crippen LogP contribution in [-0.4, -0.2) is 31.0 Å². The van der Waals surface area contributed by atoms with Gasteiger partial charge >= 0.3 is 0 Å². The molecule has 1 fully saturated rings. The van der Waals surface area contributed by atoms with Crippen molar-refractivity contribution in [3.8, 4) is 29.4 Å². The van der Waals surface area contributed by atoms with E-state index >= 15 is 0 Å². The summed E-state index contributed by atoms with van der Waals surface area (Å²) >= 11 is 0. The standard InChI is InChI=1S/C26H27NO2/c1-29-25-15-6-5-14-24(25)18-17-23-13-10-12-22(21-23)11-4-2-3-8-19-27-20-9-7-16-26(27)28/h5-6,10,12-15,21H,2-3,7-9,16,19-20H2,1H3. The molecular formula is C26H27NO2. The minimum Gasteiger partial charge on any atom is -0.495 e. The van der Waals surface area contributed by atoms with Crippen molar-refractivity contribution in [3.05, 3.63) is 65.2 Å². The van der Waals surface area contributed by atoms with Crippen LogP contribution in [0.15, 0.2) is 48.5 Å². The maximum atomic E-state index is 11.8. The summed E-state index contributed by atoms with van der Waals surface area (Å²) in [6, 6.07) is 15.7. The van der Waals surface area contributed by atoms with Crippen molar-refractivity contribution >= 4 is 5.91 Å². The molecule has 0 saturated carbocycles. The highest BCUT2D eigenvalue weighted by atomic mass is 16.5. The Morgan fingerprint density at radius 1 is 0.966 bits per heavy atom. The number of hydrogen-bond acceptors (Lipinski definition) is 2. The van der Waals surface area contributed by atoms with Crippen LogP contribution in [0.4, 0.5) is 0 Å². The van der Waals surface area contributed by atoms with E-state index < -0.39 is 0 Å². The van der Waals surface area contributed by atoms with Gasteiger partial charge in [0.2, 0.25) is 5.91 Å². The van der Waals surface area contributed by atoms with Crippen molar-refractivity contribution < 1.29 is 9.53 Å². The molecule has 0 radical (unpaired) electrons. The lowest BCUT2D eigenvalue weighted by atomic mass is 10.1. The number of hydrogen-bond donors (Lipinski definition) is 0. The number of piperidine rings is 1. The lowest BCUT2D eigenvalue weighted by Gasteiger charge is -2.26. The molecule has 148 valence electrons. The third kappa shape index (κ3) is 6.44. The van der Waals surface area contributed by atoms with Crippen molar-refractivity contribution in [1.29, 1.82) is 0 Å². The summed E-state index contributed by atoms with van der Waals surface area (Å²) in [5, 5.41) is 0. The summed E-state index contributed by atoms with van der Waals surface area (Å²) in [4.78, 5) is 13.8. The first-order valence-electron chi connectivity index (χ1n) is 10.3. The van der Waals surface area contributed by atoms with Crippen molar-refractivity contribution in [3.63, 3.8) is 0 Å². The summed E-state index contributed by atoms with van der Waals surface area (Å²) in [5.74, 6) is 13.9. The maximum absolute atomic E-state index is 11.8. The molecule has 1 amide bonds. The fourth-order valence-electron chi connectivity index (χ4n) is 3.34. The molecule has 0 spiro atoms. The lowest BCUT2D eigenvalue weighted by Crippen LogP contribution is -2.35. The van der Waals surface area contributed by atoms with Crippen LogP contribution < -0.4 is 4.74 Å². The molecule has 1 heterocycles. The van der Waals surface area contributed by atoms with Crippen LogP contribution in [0.3, 0.4) is 0 Å². The van der Waals surface area contributed by atoms with Crippen molar-refractivity contribution in [2.24, 2.45) is 0 Å². The van der Waals surface area contributed by atoms with Crippen LogP contribution in [0.1, 0.15) is 55.2 Å². The highest BCUT2D eigenvalue weighted by molar-refractivity contribution is 5.76. The molecule has 0 aromatic heterocycles. The van der Waals surface area contributed by atoms with Gasteiger partial charge in [-0.25, -0.2) is 0 Å². The number of methoxy groups -OCH3 is 1. The molecule has 0 aliphatic carbocycles. The predicted molar refractivity (Wildman–Crippen MR) is 117 cm³/mol. The molecular weight excluding hydrogens is 358 g/mol. The van der Waals surface area contributed by atoms with Crippen LogP contribution in [0.5, 0.6) is 5.75 Å². The van der Waals surface area contributed by atoms with Gasteiger partial charge in [0.05, 0.1) is 12.7 Å². The fraction of sp³-hybridized carbons (Fsp3) is 0.346. The van der Waals surface area contributed by atoms with E-state index in [1.54, 1.807) is 7.11 Å². The molecule has 29 heavy (non-hydrogen) atoms. The monoisotopic (exact) mass is 385 g/mol. The molecule has 1 saturated heterocycles. The van der Waals surface area contributed by atoms with Gasteiger partial charge in [-0.15, -0.1) is 0 Å².